The molecule has 0 radical (unpaired) electrons. The van der Waals surface area contributed by atoms with Crippen molar-refractivity contribution in [1.29, 1.82) is 0 Å². The smallest absolute Gasteiger partial charge is 0.160 e. The molecule has 28 rings (SSSR count). The number of aromatic nitrogens is 8. The first-order valence-electron chi connectivity index (χ1n) is 49.4. The van der Waals surface area contributed by atoms with Crippen molar-refractivity contribution in [1.82, 2.24) is 39.9 Å². The van der Waals surface area contributed by atoms with E-state index in [2.05, 4.69) is 464 Å². The van der Waals surface area contributed by atoms with Crippen molar-refractivity contribution in [3.63, 3.8) is 0 Å². The summed E-state index contributed by atoms with van der Waals surface area (Å²) in [5.74, 6) is 1.37. The van der Waals surface area contributed by atoms with Crippen molar-refractivity contribution >= 4 is 142 Å². The summed E-state index contributed by atoms with van der Waals surface area (Å²) in [5.41, 5.74) is 27.4. The SMILES string of the molecule is C(=C\c1ccccc1-c1ccccc1)/c1cc(-c2cc3ccccc3c3ccccc23)nc(-c2ccc(-c3cnc4ccccc4c3)cc2)n1.c1ccc(-c2ccc(-c3nc(-c4cc5ccccc5c5ccccc45)cc(-c4cc5ccccc5c5ccccc45)n3)cc2)nc1.c1ccc2cc(-c3c4ccccc4c(-c4ccc5ccccc5c4)c4cc(-c5ccc(-c6cnc7ccccc7c6)nc5)ccc34)ccc2c1. The lowest BCUT2D eigenvalue weighted by atomic mass is 9.84. The second-order valence-electron chi connectivity index (χ2n) is 37.1. The minimum atomic E-state index is 0.680. The van der Waals surface area contributed by atoms with E-state index >= 15 is 0 Å². The molecule has 6 aromatic heterocycles. The minimum Gasteiger partial charge on any atom is -0.256 e. The summed E-state index contributed by atoms with van der Waals surface area (Å²) >= 11 is 0. The molecular formula is C138H88N8. The van der Waals surface area contributed by atoms with E-state index < -0.39 is 0 Å². The Morgan fingerprint density at radius 1 is 0.151 bits per heavy atom. The fraction of sp³-hybridized carbons (Fsp3) is 0. The number of benzene rings is 22. The van der Waals surface area contributed by atoms with Crippen LogP contribution in [0.2, 0.25) is 0 Å². The Labute approximate surface area is 843 Å². The summed E-state index contributed by atoms with van der Waals surface area (Å²) in [4.78, 5) is 39.7. The van der Waals surface area contributed by atoms with Gasteiger partial charge in [-0.3, -0.25) is 19.9 Å². The van der Waals surface area contributed by atoms with Crippen LogP contribution < -0.4 is 0 Å². The summed E-state index contributed by atoms with van der Waals surface area (Å²) in [6, 6.07) is 176. The van der Waals surface area contributed by atoms with Crippen molar-refractivity contribution in [3.8, 4) is 135 Å². The lowest BCUT2D eigenvalue weighted by molar-refractivity contribution is 1.17. The van der Waals surface area contributed by atoms with Crippen molar-refractivity contribution in [2.24, 2.45) is 0 Å². The van der Waals surface area contributed by atoms with Gasteiger partial charge in [-0.2, -0.15) is 0 Å². The molecule has 0 spiro atoms. The van der Waals surface area contributed by atoms with E-state index in [1.54, 1.807) is 0 Å². The highest BCUT2D eigenvalue weighted by Crippen LogP contribution is 2.48. The van der Waals surface area contributed by atoms with E-state index in [1.807, 2.05) is 85.5 Å². The first-order chi connectivity index (χ1) is 72.3. The molecule has 0 saturated carbocycles. The van der Waals surface area contributed by atoms with Gasteiger partial charge in [0.25, 0.3) is 0 Å². The molecular weight excluding hydrogens is 1770 g/mol. The van der Waals surface area contributed by atoms with Gasteiger partial charge in [0.2, 0.25) is 0 Å². The van der Waals surface area contributed by atoms with Crippen LogP contribution in [0.25, 0.3) is 276 Å². The third-order valence-corrected chi connectivity index (χ3v) is 28.3. The van der Waals surface area contributed by atoms with E-state index in [9.17, 15) is 0 Å². The van der Waals surface area contributed by atoms with E-state index in [4.69, 9.17) is 24.9 Å². The molecule has 6 heterocycles. The number of hydrogen-bond acceptors (Lipinski definition) is 8. The average Bonchev–Trinajstić information content (AvgIpc) is 0.723. The van der Waals surface area contributed by atoms with E-state index in [0.29, 0.717) is 11.6 Å². The Balaban J connectivity index is 0.000000111. The van der Waals surface area contributed by atoms with Gasteiger partial charge in [-0.25, -0.2) is 19.9 Å². The number of para-hydroxylation sites is 2. The van der Waals surface area contributed by atoms with E-state index in [1.165, 1.54) is 141 Å². The van der Waals surface area contributed by atoms with Gasteiger partial charge in [0, 0.05) is 85.6 Å². The molecule has 0 N–H and O–H groups in total. The minimum absolute atomic E-state index is 0.680. The van der Waals surface area contributed by atoms with Gasteiger partial charge in [-0.05, 0) is 255 Å². The third-order valence-electron chi connectivity index (χ3n) is 28.3. The summed E-state index contributed by atoms with van der Waals surface area (Å²) in [6.45, 7) is 0. The number of rotatable bonds is 14. The molecule has 0 amide bonds. The number of hydrogen-bond donors (Lipinski definition) is 0. The van der Waals surface area contributed by atoms with Crippen LogP contribution in [-0.2, 0) is 0 Å². The fourth-order valence-electron chi connectivity index (χ4n) is 21.1. The van der Waals surface area contributed by atoms with Gasteiger partial charge in [0.05, 0.1) is 45.2 Å². The molecule has 680 valence electrons. The molecule has 0 atom stereocenters. The van der Waals surface area contributed by atoms with Crippen LogP contribution in [0.4, 0.5) is 0 Å². The second kappa shape index (κ2) is 37.9. The van der Waals surface area contributed by atoms with Crippen LogP contribution in [0.3, 0.4) is 0 Å². The fourth-order valence-corrected chi connectivity index (χ4v) is 21.1. The highest BCUT2D eigenvalue weighted by molar-refractivity contribution is 6.24. The van der Waals surface area contributed by atoms with Crippen molar-refractivity contribution in [2.75, 3.05) is 0 Å². The first kappa shape index (κ1) is 86.8. The lowest BCUT2D eigenvalue weighted by Crippen LogP contribution is -1.97. The van der Waals surface area contributed by atoms with Crippen molar-refractivity contribution in [3.05, 3.63) is 533 Å². The molecule has 0 aliphatic rings. The van der Waals surface area contributed by atoms with Crippen LogP contribution in [0, 0.1) is 0 Å². The van der Waals surface area contributed by atoms with Gasteiger partial charge in [-0.15, -0.1) is 0 Å². The van der Waals surface area contributed by atoms with Gasteiger partial charge in [0.15, 0.2) is 11.6 Å². The average molecular weight is 1860 g/mol. The second-order valence-corrected chi connectivity index (χ2v) is 37.1. The molecule has 8 heteroatoms. The van der Waals surface area contributed by atoms with Crippen LogP contribution in [0.1, 0.15) is 11.3 Å². The molecule has 0 aliphatic carbocycles. The molecule has 28 aromatic rings. The number of pyridine rings is 4. The molecule has 22 aromatic carbocycles. The van der Waals surface area contributed by atoms with Crippen molar-refractivity contribution < 1.29 is 0 Å². The normalized spacial score (nSPS) is 11.5. The summed E-state index contributed by atoms with van der Waals surface area (Å²) in [6.07, 6.45) is 11.9. The summed E-state index contributed by atoms with van der Waals surface area (Å²) in [5, 5.41) is 26.6. The van der Waals surface area contributed by atoms with Crippen LogP contribution in [-0.4, -0.2) is 39.9 Å². The van der Waals surface area contributed by atoms with Crippen LogP contribution in [0.15, 0.2) is 522 Å². The predicted octanol–water partition coefficient (Wildman–Crippen LogP) is 36.2. The quantitative estimate of drug-likeness (QED) is 0.0784. The van der Waals surface area contributed by atoms with Gasteiger partial charge < -0.3 is 0 Å². The van der Waals surface area contributed by atoms with Gasteiger partial charge in [-0.1, -0.05) is 413 Å². The lowest BCUT2D eigenvalue weighted by Gasteiger charge is -2.19. The Kier molecular flexibility index (Phi) is 22.5. The zero-order valence-electron chi connectivity index (χ0n) is 79.4. The Hall–Kier alpha value is -19.5. The zero-order chi connectivity index (χ0) is 96.7. The van der Waals surface area contributed by atoms with E-state index in [0.717, 1.165) is 123 Å². The standard InChI is InChI=1S/C48H30N2.C47H31N3.C43H27N3/c1-3-11-33-25-37(19-17-31(33)9-1)47-41-14-6-7-15-42(41)48(38-20-18-32-10-2-4-12-34(32)26-38)44-28-35(21-23-43(44)47)39-22-24-46(49-29-39)40-27-36-13-5-8-16-45(36)50-30-40;1-2-12-33(13-3-1)40-17-7-4-14-34(40)26-27-39-30-46(44-29-36-15-5-8-18-41(36)42-19-9-10-20-43(42)44)50-47(49-39)35-24-22-32(23-25-35)38-28-37-16-6-11-21-45(37)48-31-38;1-3-13-32-30(11-1)25-38(36-17-7-5-15-34(32)36)41-27-42(39-26-31-12-2-4-14-33(31)35-16-6-8-18-37(35)39)46-43(45-41)29-22-20-28(21-23-29)40-19-9-10-24-44-40/h1-30H;1-31H;1-27H/b;27-26+;. The Morgan fingerprint density at radius 2 is 0.527 bits per heavy atom. The van der Waals surface area contributed by atoms with E-state index in [-0.39, 0.29) is 0 Å². The molecule has 0 saturated heterocycles. The van der Waals surface area contributed by atoms with Gasteiger partial charge in [0.1, 0.15) is 0 Å². The molecule has 146 heavy (non-hydrogen) atoms. The molecule has 0 fully saturated rings. The monoisotopic (exact) mass is 1860 g/mol. The van der Waals surface area contributed by atoms with Crippen LogP contribution >= 0.6 is 0 Å². The largest absolute Gasteiger partial charge is 0.256 e. The topological polar surface area (TPSA) is 103 Å². The molecule has 0 aliphatic heterocycles. The van der Waals surface area contributed by atoms with Crippen molar-refractivity contribution in [2.45, 2.75) is 0 Å². The molecule has 0 unspecified atom stereocenters. The first-order valence-corrected chi connectivity index (χ1v) is 49.4. The zero-order valence-corrected chi connectivity index (χ0v) is 79.4. The number of fused-ring (bicyclic) bond motifs is 15. The maximum absolute atomic E-state index is 5.27. The summed E-state index contributed by atoms with van der Waals surface area (Å²) < 4.78 is 0. The summed E-state index contributed by atoms with van der Waals surface area (Å²) in [7, 11) is 0. The molecule has 8 nitrogen and oxygen atoms in total. The third kappa shape index (κ3) is 16.8. The highest BCUT2D eigenvalue weighted by Gasteiger charge is 2.23. The van der Waals surface area contributed by atoms with Gasteiger partial charge >= 0.3 is 0 Å². The maximum atomic E-state index is 5.27. The predicted molar refractivity (Wildman–Crippen MR) is 612 cm³/mol. The highest BCUT2D eigenvalue weighted by atomic mass is 14.9. The van der Waals surface area contributed by atoms with Crippen LogP contribution in [0.5, 0.6) is 0 Å². The molecule has 0 bridgehead atoms. The number of nitrogens with zero attached hydrogens (tertiary/aromatic N) is 8. The Morgan fingerprint density at radius 3 is 1.05 bits per heavy atom. The Bertz CT molecular complexity index is 9870. The maximum Gasteiger partial charge on any atom is 0.160 e.